The van der Waals surface area contributed by atoms with Crippen LogP contribution in [-0.2, 0) is 5.41 Å². The maximum atomic E-state index is 12.3. The van der Waals surface area contributed by atoms with Crippen LogP contribution in [0.1, 0.15) is 36.0 Å². The molecule has 2 heterocycles. The lowest BCUT2D eigenvalue weighted by molar-refractivity contribution is -0.383. The second kappa shape index (κ2) is 13.7. The highest BCUT2D eigenvalue weighted by atomic mass is 16.6. The van der Waals surface area contributed by atoms with Crippen LogP contribution in [0.4, 0.5) is 5.69 Å². The topological polar surface area (TPSA) is 79.4 Å². The first-order valence-corrected chi connectivity index (χ1v) is 17.7. The molecule has 0 aliphatic heterocycles. The number of aromatic nitrogens is 2. The summed E-state index contributed by atoms with van der Waals surface area (Å²) in [5.41, 5.74) is 6.62. The van der Waals surface area contributed by atoms with Gasteiger partial charge < -0.3 is 9.47 Å². The largest absolute Gasteiger partial charge is 0.497 e. The third-order valence-corrected chi connectivity index (χ3v) is 9.81. The van der Waals surface area contributed by atoms with Crippen LogP contribution in [0, 0.1) is 17.0 Å². The summed E-state index contributed by atoms with van der Waals surface area (Å²) in [5.74, 6) is 2.16. The Morgan fingerprint density at radius 3 is 2.07 bits per heavy atom. The fourth-order valence-electron chi connectivity index (χ4n) is 7.03. The van der Waals surface area contributed by atoms with Gasteiger partial charge >= 0.3 is 0 Å². The maximum absolute atomic E-state index is 12.3. The van der Waals surface area contributed by atoms with Gasteiger partial charge in [-0.25, -0.2) is 4.98 Å². The van der Waals surface area contributed by atoms with E-state index >= 15 is 0 Å². The number of methoxy groups -OCH3 is 1. The summed E-state index contributed by atoms with van der Waals surface area (Å²) in [6.07, 6.45) is 1.61. The number of ether oxygens (including phenoxy) is 2. The number of nitro groups is 1. The molecule has 7 nitrogen and oxygen atoms in total. The van der Waals surface area contributed by atoms with E-state index in [1.54, 1.807) is 74.0 Å². The molecule has 0 saturated carbocycles. The van der Waals surface area contributed by atoms with Gasteiger partial charge in [-0.15, -0.1) is 0 Å². The maximum Gasteiger partial charge on any atom is 0.284 e. The highest BCUT2D eigenvalue weighted by molar-refractivity contribution is 6.09. The molecule has 0 spiro atoms. The Morgan fingerprint density at radius 2 is 1.37 bits per heavy atom. The zero-order valence-corrected chi connectivity index (χ0v) is 30.3. The summed E-state index contributed by atoms with van der Waals surface area (Å²) in [7, 11) is 1.62. The van der Waals surface area contributed by atoms with Crippen molar-refractivity contribution in [2.24, 2.45) is 0 Å². The molecule has 2 aromatic heterocycles. The van der Waals surface area contributed by atoms with Crippen molar-refractivity contribution in [3.63, 3.8) is 0 Å². The zero-order valence-electron chi connectivity index (χ0n) is 33.3. The van der Waals surface area contributed by atoms with E-state index in [9.17, 15) is 10.1 Å². The minimum atomic E-state index is -2.46. The van der Waals surface area contributed by atoms with E-state index in [0.29, 0.717) is 50.9 Å². The highest BCUT2D eigenvalue weighted by Gasteiger charge is 2.22. The van der Waals surface area contributed by atoms with Crippen molar-refractivity contribution in [1.82, 2.24) is 9.55 Å². The summed E-state index contributed by atoms with van der Waals surface area (Å²) in [5, 5.41) is 14.4. The predicted octanol–water partition coefficient (Wildman–Crippen LogP) is 12.5. The van der Waals surface area contributed by atoms with Crippen molar-refractivity contribution < 1.29 is 18.5 Å². The Kier molecular flexibility index (Phi) is 7.81. The quantitative estimate of drug-likeness (QED) is 0.116. The summed E-state index contributed by atoms with van der Waals surface area (Å²) >= 11 is 0. The van der Waals surface area contributed by atoms with Gasteiger partial charge in [0, 0.05) is 32.7 Å². The highest BCUT2D eigenvalue weighted by Crippen LogP contribution is 2.40. The van der Waals surface area contributed by atoms with Crippen molar-refractivity contribution >= 4 is 27.5 Å². The molecule has 0 N–H and O–H groups in total. The average Bonchev–Trinajstić information content (AvgIpc) is 3.53. The Balaban J connectivity index is 1.14. The molecular formula is C47H39N3O4. The Morgan fingerprint density at radius 1 is 0.667 bits per heavy atom. The number of hydrogen-bond acceptors (Lipinski definition) is 5. The molecule has 0 aliphatic rings. The molecule has 0 fully saturated rings. The number of aryl methyl sites for hydroxylation is 1. The minimum Gasteiger partial charge on any atom is -0.497 e. The first kappa shape index (κ1) is 30.9. The van der Waals surface area contributed by atoms with Gasteiger partial charge in [0.2, 0.25) is 0 Å². The summed E-state index contributed by atoms with van der Waals surface area (Å²) < 4.78 is 39.6. The van der Waals surface area contributed by atoms with Gasteiger partial charge in [-0.3, -0.25) is 14.7 Å². The van der Waals surface area contributed by atoms with Crippen molar-refractivity contribution in [3.05, 3.63) is 167 Å². The van der Waals surface area contributed by atoms with Gasteiger partial charge in [-0.2, -0.15) is 0 Å². The number of para-hydroxylation sites is 1. The van der Waals surface area contributed by atoms with Gasteiger partial charge in [0.1, 0.15) is 23.1 Å². The van der Waals surface area contributed by atoms with Crippen LogP contribution in [0.5, 0.6) is 17.2 Å². The molecule has 0 aliphatic carbocycles. The van der Waals surface area contributed by atoms with Gasteiger partial charge in [-0.05, 0) is 107 Å². The summed E-state index contributed by atoms with van der Waals surface area (Å²) in [6.45, 7) is 4.07. The van der Waals surface area contributed by atoms with Crippen molar-refractivity contribution in [3.8, 4) is 56.4 Å². The minimum absolute atomic E-state index is 0.0299. The molecule has 266 valence electrons. The lowest BCUT2D eigenvalue weighted by Crippen LogP contribution is -2.10. The van der Waals surface area contributed by atoms with Crippen LogP contribution < -0.4 is 9.47 Å². The Bertz CT molecular complexity index is 2810. The number of rotatable bonds is 8. The summed E-state index contributed by atoms with van der Waals surface area (Å²) in [4.78, 5) is 16.9. The van der Waals surface area contributed by atoms with Crippen molar-refractivity contribution in [1.29, 1.82) is 0 Å². The monoisotopic (exact) mass is 712 g/mol. The third-order valence-electron chi connectivity index (χ3n) is 9.81. The van der Waals surface area contributed by atoms with Crippen LogP contribution in [0.2, 0.25) is 0 Å². The molecule has 0 saturated heterocycles. The van der Waals surface area contributed by atoms with Gasteiger partial charge in [0.05, 0.1) is 34.2 Å². The van der Waals surface area contributed by atoms with Crippen LogP contribution in [0.25, 0.3) is 61.0 Å². The van der Waals surface area contributed by atoms with E-state index in [4.69, 9.17) is 18.6 Å². The van der Waals surface area contributed by atoms with E-state index in [2.05, 4.69) is 39.0 Å². The fourth-order valence-corrected chi connectivity index (χ4v) is 7.03. The SMILES string of the molecule is [2H]C([2H])([2H])c1cc(-n2c3ccc(C(C)(C)C)cc3c3ccc(OC)cc32)ncc1-c1cccc(Oc2ccc(-c3cccc(-c4ccccc4)c3[N+](=O)[O-])cc2)c1. The van der Waals surface area contributed by atoms with Gasteiger partial charge in [0.25, 0.3) is 5.69 Å². The smallest absolute Gasteiger partial charge is 0.284 e. The van der Waals surface area contributed by atoms with Gasteiger partial charge in [0.15, 0.2) is 0 Å². The van der Waals surface area contributed by atoms with E-state index in [-0.39, 0.29) is 21.6 Å². The lowest BCUT2D eigenvalue weighted by Gasteiger charge is -2.19. The molecule has 8 rings (SSSR count). The van der Waals surface area contributed by atoms with Gasteiger partial charge in [-0.1, -0.05) is 87.5 Å². The Labute approximate surface area is 318 Å². The molecule has 0 unspecified atom stereocenters. The standard InChI is InChI=1S/C47H39N3O4/c1-30-25-45(49-43-24-19-34(47(2,3)4)27-41(43)40-23-22-36(53-5)28-44(40)49)48-29-42(30)33-13-9-14-37(26-33)54-35-20-17-32(18-21-35)39-16-10-15-38(46(39)50(51)52)31-11-7-6-8-12-31/h6-29H,1-5H3/i1D3. The molecule has 7 heteroatoms. The van der Waals surface area contributed by atoms with Crippen molar-refractivity contribution in [2.45, 2.75) is 33.0 Å². The number of benzene rings is 6. The molecule has 0 amide bonds. The van der Waals surface area contributed by atoms with E-state index in [0.717, 1.165) is 27.4 Å². The molecule has 8 aromatic rings. The number of fused-ring (bicyclic) bond motifs is 3. The van der Waals surface area contributed by atoms with E-state index in [1.165, 1.54) is 5.56 Å². The number of nitro benzene ring substituents is 1. The first-order chi connectivity index (χ1) is 27.3. The zero-order chi connectivity index (χ0) is 40.1. The molecule has 0 bridgehead atoms. The van der Waals surface area contributed by atoms with E-state index in [1.807, 2.05) is 65.2 Å². The second-order valence-electron chi connectivity index (χ2n) is 14.3. The summed E-state index contributed by atoms with van der Waals surface area (Å²) in [6, 6.07) is 42.9. The number of hydrogen-bond donors (Lipinski definition) is 0. The van der Waals surface area contributed by atoms with Crippen molar-refractivity contribution in [2.75, 3.05) is 7.11 Å². The van der Waals surface area contributed by atoms with Crippen LogP contribution in [0.3, 0.4) is 0 Å². The van der Waals surface area contributed by atoms with Crippen LogP contribution in [0.15, 0.2) is 146 Å². The molecule has 6 aromatic carbocycles. The molecular weight excluding hydrogens is 671 g/mol. The normalized spacial score (nSPS) is 12.6. The van der Waals surface area contributed by atoms with Crippen LogP contribution >= 0.6 is 0 Å². The van der Waals surface area contributed by atoms with E-state index < -0.39 is 6.85 Å². The predicted molar refractivity (Wildman–Crippen MR) is 218 cm³/mol. The lowest BCUT2D eigenvalue weighted by atomic mass is 9.86. The Hall–Kier alpha value is -6.73. The second-order valence-corrected chi connectivity index (χ2v) is 14.3. The number of pyridine rings is 1. The third kappa shape index (κ3) is 6.34. The molecule has 0 atom stereocenters. The fraction of sp³-hybridized carbons (Fsp3) is 0.128. The first-order valence-electron chi connectivity index (χ1n) is 19.2. The molecule has 0 radical (unpaired) electrons. The van der Waals surface area contributed by atoms with Crippen LogP contribution in [-0.4, -0.2) is 21.6 Å². The molecule has 54 heavy (non-hydrogen) atoms. The number of nitrogens with zero attached hydrogens (tertiary/aromatic N) is 3. The average molecular weight is 713 g/mol.